The first-order valence-electron chi connectivity index (χ1n) is 9.33. The van der Waals surface area contributed by atoms with E-state index in [1.807, 2.05) is 5.38 Å². The predicted octanol–water partition coefficient (Wildman–Crippen LogP) is 3.13. The van der Waals surface area contributed by atoms with Gasteiger partial charge in [-0.1, -0.05) is 18.2 Å². The van der Waals surface area contributed by atoms with Gasteiger partial charge in [-0.2, -0.15) is 0 Å². The normalized spacial score (nSPS) is 16.9. The Bertz CT molecular complexity index is 925. The van der Waals surface area contributed by atoms with Crippen LogP contribution in [-0.4, -0.2) is 47.2 Å². The maximum atomic E-state index is 12.6. The summed E-state index contributed by atoms with van der Waals surface area (Å²) in [7, 11) is 0. The maximum absolute atomic E-state index is 12.6. The van der Waals surface area contributed by atoms with Gasteiger partial charge in [0.05, 0.1) is 4.88 Å². The molecule has 0 aliphatic carbocycles. The zero-order valence-electron chi connectivity index (χ0n) is 16.2. The molecule has 0 radical (unpaired) electrons. The van der Waals surface area contributed by atoms with Crippen LogP contribution in [0.3, 0.4) is 0 Å². The van der Waals surface area contributed by atoms with Gasteiger partial charge in [0.1, 0.15) is 6.04 Å². The number of benzene rings is 1. The number of hydrogen-bond donors (Lipinski definition) is 1. The summed E-state index contributed by atoms with van der Waals surface area (Å²) in [5, 5.41) is 4.45. The standard InChI is InChI=1S/C21H22N2O5S/c1-13(24)15-6-3-7-16(12-15)22-19(25)14(2)28-21(27)17-8-4-10-23(17)20(26)18-9-5-11-29-18/h3,5-7,9,11-12,14,17H,4,8,10H2,1-2H3,(H,22,25). The van der Waals surface area contributed by atoms with E-state index in [4.69, 9.17) is 4.74 Å². The number of ketones is 1. The minimum absolute atomic E-state index is 0.114. The first-order chi connectivity index (χ1) is 13.9. The summed E-state index contributed by atoms with van der Waals surface area (Å²) in [6.45, 7) is 3.40. The second-order valence-electron chi connectivity index (χ2n) is 6.84. The van der Waals surface area contributed by atoms with Gasteiger partial charge in [-0.3, -0.25) is 14.4 Å². The molecule has 1 N–H and O–H groups in total. The number of esters is 1. The van der Waals surface area contributed by atoms with Gasteiger partial charge in [0, 0.05) is 17.8 Å². The van der Waals surface area contributed by atoms with Crippen molar-refractivity contribution in [3.8, 4) is 0 Å². The lowest BCUT2D eigenvalue weighted by Crippen LogP contribution is -2.43. The Labute approximate surface area is 172 Å². The van der Waals surface area contributed by atoms with Gasteiger partial charge in [-0.05, 0) is 50.3 Å². The number of nitrogens with one attached hydrogen (secondary N) is 1. The van der Waals surface area contributed by atoms with Crippen LogP contribution in [0.4, 0.5) is 5.69 Å². The van der Waals surface area contributed by atoms with Gasteiger partial charge in [-0.15, -0.1) is 11.3 Å². The van der Waals surface area contributed by atoms with E-state index < -0.39 is 24.0 Å². The quantitative estimate of drug-likeness (QED) is 0.579. The van der Waals surface area contributed by atoms with Crippen molar-refractivity contribution >= 4 is 40.6 Å². The van der Waals surface area contributed by atoms with Gasteiger partial charge < -0.3 is 15.0 Å². The van der Waals surface area contributed by atoms with Crippen LogP contribution >= 0.6 is 11.3 Å². The molecule has 2 atom stereocenters. The van der Waals surface area contributed by atoms with Gasteiger partial charge >= 0.3 is 5.97 Å². The molecule has 1 aromatic carbocycles. The average Bonchev–Trinajstić information content (AvgIpc) is 3.39. The molecule has 1 aliphatic heterocycles. The highest BCUT2D eigenvalue weighted by Crippen LogP contribution is 2.23. The van der Waals surface area contributed by atoms with E-state index in [1.54, 1.807) is 36.4 Å². The van der Waals surface area contributed by atoms with Gasteiger partial charge in [0.15, 0.2) is 11.9 Å². The highest BCUT2D eigenvalue weighted by molar-refractivity contribution is 7.12. The first-order valence-corrected chi connectivity index (χ1v) is 10.2. The molecular formula is C21H22N2O5S. The topological polar surface area (TPSA) is 92.8 Å². The molecule has 152 valence electrons. The number of hydrogen-bond acceptors (Lipinski definition) is 6. The van der Waals surface area contributed by atoms with Crippen molar-refractivity contribution in [3.63, 3.8) is 0 Å². The highest BCUT2D eigenvalue weighted by atomic mass is 32.1. The Hall–Kier alpha value is -3.00. The first kappa shape index (κ1) is 20.7. The molecule has 2 unspecified atom stereocenters. The molecular weight excluding hydrogens is 392 g/mol. The lowest BCUT2D eigenvalue weighted by molar-refractivity contribution is -0.156. The molecule has 0 spiro atoms. The molecule has 29 heavy (non-hydrogen) atoms. The monoisotopic (exact) mass is 414 g/mol. The predicted molar refractivity (Wildman–Crippen MR) is 109 cm³/mol. The number of likely N-dealkylation sites (tertiary alicyclic amines) is 1. The number of amides is 2. The van der Waals surface area contributed by atoms with E-state index in [9.17, 15) is 19.2 Å². The molecule has 8 heteroatoms. The number of nitrogens with zero attached hydrogens (tertiary/aromatic N) is 1. The van der Waals surface area contributed by atoms with Crippen LogP contribution in [0.5, 0.6) is 0 Å². The van der Waals surface area contributed by atoms with Crippen LogP contribution in [0.1, 0.15) is 46.7 Å². The minimum Gasteiger partial charge on any atom is -0.451 e. The third-order valence-electron chi connectivity index (χ3n) is 4.72. The van der Waals surface area contributed by atoms with Crippen molar-refractivity contribution in [2.24, 2.45) is 0 Å². The number of ether oxygens (including phenoxy) is 1. The van der Waals surface area contributed by atoms with Crippen LogP contribution in [0.25, 0.3) is 0 Å². The second-order valence-corrected chi connectivity index (χ2v) is 7.79. The average molecular weight is 414 g/mol. The Morgan fingerprint density at radius 3 is 2.69 bits per heavy atom. The molecule has 2 heterocycles. The van der Waals surface area contributed by atoms with Crippen molar-refractivity contribution in [2.45, 2.75) is 38.8 Å². The summed E-state index contributed by atoms with van der Waals surface area (Å²) < 4.78 is 5.34. The van der Waals surface area contributed by atoms with Crippen molar-refractivity contribution in [1.82, 2.24) is 4.90 Å². The molecule has 0 saturated carbocycles. The summed E-state index contributed by atoms with van der Waals surface area (Å²) in [6.07, 6.45) is 0.169. The van der Waals surface area contributed by atoms with E-state index in [1.165, 1.54) is 30.1 Å². The lowest BCUT2D eigenvalue weighted by atomic mass is 10.1. The van der Waals surface area contributed by atoms with Crippen molar-refractivity contribution in [1.29, 1.82) is 0 Å². The van der Waals surface area contributed by atoms with Crippen molar-refractivity contribution in [2.75, 3.05) is 11.9 Å². The summed E-state index contributed by atoms with van der Waals surface area (Å²) in [6, 6.07) is 9.34. The highest BCUT2D eigenvalue weighted by Gasteiger charge is 2.37. The Kier molecular flexibility index (Phi) is 6.43. The number of carbonyl (C=O) groups excluding carboxylic acids is 4. The van der Waals surface area contributed by atoms with Crippen molar-refractivity contribution < 1.29 is 23.9 Å². The third-order valence-corrected chi connectivity index (χ3v) is 5.57. The zero-order valence-corrected chi connectivity index (χ0v) is 17.0. The number of Topliss-reactive ketones (excluding diaryl/α,β-unsaturated/α-hetero) is 1. The Balaban J connectivity index is 1.60. The zero-order chi connectivity index (χ0) is 21.0. The van der Waals surface area contributed by atoms with E-state index in [-0.39, 0.29) is 11.7 Å². The summed E-state index contributed by atoms with van der Waals surface area (Å²) >= 11 is 1.32. The summed E-state index contributed by atoms with van der Waals surface area (Å²) in [5.41, 5.74) is 0.919. The van der Waals surface area contributed by atoms with Crippen molar-refractivity contribution in [3.05, 3.63) is 52.2 Å². The fourth-order valence-corrected chi connectivity index (χ4v) is 3.84. The maximum Gasteiger partial charge on any atom is 0.329 e. The molecule has 1 saturated heterocycles. The fourth-order valence-electron chi connectivity index (χ4n) is 3.16. The molecule has 0 bridgehead atoms. The van der Waals surface area contributed by atoms with E-state index in [0.717, 1.165) is 0 Å². The van der Waals surface area contributed by atoms with Crippen LogP contribution in [0.2, 0.25) is 0 Å². The van der Waals surface area contributed by atoms with Crippen LogP contribution < -0.4 is 5.32 Å². The number of carbonyl (C=O) groups is 4. The van der Waals surface area contributed by atoms with Gasteiger partial charge in [0.25, 0.3) is 11.8 Å². The molecule has 1 aromatic heterocycles. The molecule has 2 aromatic rings. The minimum atomic E-state index is -1.04. The lowest BCUT2D eigenvalue weighted by Gasteiger charge is -2.24. The molecule has 3 rings (SSSR count). The summed E-state index contributed by atoms with van der Waals surface area (Å²) in [4.78, 5) is 51.1. The molecule has 2 amide bonds. The van der Waals surface area contributed by atoms with Crippen LogP contribution in [-0.2, 0) is 14.3 Å². The SMILES string of the molecule is CC(=O)c1cccc(NC(=O)C(C)OC(=O)C2CCCN2C(=O)c2cccs2)c1. The number of rotatable bonds is 6. The second kappa shape index (κ2) is 9.00. The van der Waals surface area contributed by atoms with Gasteiger partial charge in [-0.25, -0.2) is 4.79 Å². The smallest absolute Gasteiger partial charge is 0.329 e. The van der Waals surface area contributed by atoms with E-state index >= 15 is 0 Å². The number of anilines is 1. The largest absolute Gasteiger partial charge is 0.451 e. The molecule has 1 fully saturated rings. The fraction of sp³-hybridized carbons (Fsp3) is 0.333. The summed E-state index contributed by atoms with van der Waals surface area (Å²) in [5.74, 6) is -1.41. The molecule has 7 nitrogen and oxygen atoms in total. The van der Waals surface area contributed by atoms with Gasteiger partial charge in [0.2, 0.25) is 0 Å². The van der Waals surface area contributed by atoms with Crippen LogP contribution in [0.15, 0.2) is 41.8 Å². The Morgan fingerprint density at radius 1 is 1.21 bits per heavy atom. The van der Waals surface area contributed by atoms with E-state index in [0.29, 0.717) is 35.5 Å². The Morgan fingerprint density at radius 2 is 2.00 bits per heavy atom. The number of thiophene rings is 1. The molecule has 1 aliphatic rings. The van der Waals surface area contributed by atoms with E-state index in [2.05, 4.69) is 5.32 Å². The third kappa shape index (κ3) is 4.89. The van der Waals surface area contributed by atoms with Crippen LogP contribution in [0, 0.1) is 0 Å².